The van der Waals surface area contributed by atoms with Crippen molar-refractivity contribution in [2.45, 2.75) is 18.0 Å². The van der Waals surface area contributed by atoms with Crippen LogP contribution < -0.4 is 4.90 Å². The quantitative estimate of drug-likeness (QED) is 0.204. The van der Waals surface area contributed by atoms with Crippen molar-refractivity contribution in [1.29, 1.82) is 0 Å². The second kappa shape index (κ2) is 8.80. The van der Waals surface area contributed by atoms with Crippen molar-refractivity contribution in [3.8, 4) is 0 Å². The molecule has 2 heterocycles. The Balaban J connectivity index is 1.58. The standard InChI is InChI=1S/C33H20ClF2NO3/c34-24-11-5-3-9-22(24)30(38)29-28(23-10-4-6-12-25(23)36)33(31(39)20-7-1-2-8-21(20)32(33)40)27-16-13-18-17-19(35)14-15-26(18)37(27)29/h1-17,27-29H. The molecule has 0 bridgehead atoms. The zero-order valence-corrected chi connectivity index (χ0v) is 21.6. The summed E-state index contributed by atoms with van der Waals surface area (Å²) in [6.07, 6.45) is 3.32. The molecule has 40 heavy (non-hydrogen) atoms. The molecule has 0 radical (unpaired) electrons. The van der Waals surface area contributed by atoms with Crippen molar-refractivity contribution >= 4 is 40.7 Å². The molecule has 0 aromatic heterocycles. The molecule has 7 rings (SSSR count). The summed E-state index contributed by atoms with van der Waals surface area (Å²) >= 11 is 6.49. The number of hydrogen-bond acceptors (Lipinski definition) is 4. The Morgan fingerprint density at radius 1 is 0.825 bits per heavy atom. The van der Waals surface area contributed by atoms with Gasteiger partial charge in [0.25, 0.3) is 0 Å². The number of carbonyl (C=O) groups is 3. The molecular formula is C33H20ClF2NO3. The zero-order chi connectivity index (χ0) is 27.8. The predicted octanol–water partition coefficient (Wildman–Crippen LogP) is 6.93. The van der Waals surface area contributed by atoms with Gasteiger partial charge < -0.3 is 4.90 Å². The Morgan fingerprint density at radius 2 is 1.48 bits per heavy atom. The SMILES string of the molecule is O=C(c1ccccc1Cl)C1C(c2ccccc2F)C2(C(=O)c3ccccc3C2=O)C2C=Cc3cc(F)ccc3N12. The molecule has 0 amide bonds. The van der Waals surface area contributed by atoms with E-state index >= 15 is 4.39 Å². The molecule has 1 saturated heterocycles. The highest BCUT2D eigenvalue weighted by molar-refractivity contribution is 6.35. The Labute approximate surface area is 233 Å². The number of halogens is 3. The fourth-order valence-electron chi connectivity index (χ4n) is 6.84. The second-order valence-corrected chi connectivity index (χ2v) is 10.7. The maximum Gasteiger partial charge on any atom is 0.187 e. The van der Waals surface area contributed by atoms with Crippen molar-refractivity contribution in [1.82, 2.24) is 0 Å². The first kappa shape index (κ1) is 24.6. The molecule has 2 aliphatic heterocycles. The predicted molar refractivity (Wildman–Crippen MR) is 148 cm³/mol. The van der Waals surface area contributed by atoms with E-state index in [1.54, 1.807) is 71.6 Å². The Morgan fingerprint density at radius 3 is 2.17 bits per heavy atom. The number of rotatable bonds is 3. The first-order chi connectivity index (χ1) is 19.4. The molecule has 7 heteroatoms. The van der Waals surface area contributed by atoms with Gasteiger partial charge in [0.05, 0.1) is 11.1 Å². The molecule has 1 aliphatic carbocycles. The topological polar surface area (TPSA) is 54.5 Å². The summed E-state index contributed by atoms with van der Waals surface area (Å²) in [4.78, 5) is 45.3. The van der Waals surface area contributed by atoms with Gasteiger partial charge in [-0.3, -0.25) is 14.4 Å². The van der Waals surface area contributed by atoms with Gasteiger partial charge in [-0.25, -0.2) is 8.78 Å². The molecule has 196 valence electrons. The molecule has 3 atom stereocenters. The third kappa shape index (κ3) is 3.14. The molecule has 4 aromatic carbocycles. The van der Waals surface area contributed by atoms with Gasteiger partial charge >= 0.3 is 0 Å². The van der Waals surface area contributed by atoms with E-state index in [0.717, 1.165) is 0 Å². The lowest BCUT2D eigenvalue weighted by atomic mass is 9.64. The van der Waals surface area contributed by atoms with Crippen LogP contribution in [0, 0.1) is 17.0 Å². The molecule has 0 saturated carbocycles. The van der Waals surface area contributed by atoms with Gasteiger partial charge in [0.1, 0.15) is 23.1 Å². The Bertz CT molecular complexity index is 1760. The molecular weight excluding hydrogens is 532 g/mol. The number of benzene rings is 4. The van der Waals surface area contributed by atoms with E-state index in [1.165, 1.54) is 36.4 Å². The molecule has 4 nitrogen and oxygen atoms in total. The van der Waals surface area contributed by atoms with Crippen LogP contribution in [0.25, 0.3) is 6.08 Å². The number of ketones is 3. The summed E-state index contributed by atoms with van der Waals surface area (Å²) < 4.78 is 30.1. The van der Waals surface area contributed by atoms with Crippen LogP contribution in [-0.2, 0) is 0 Å². The van der Waals surface area contributed by atoms with Crippen molar-refractivity contribution in [3.63, 3.8) is 0 Å². The van der Waals surface area contributed by atoms with Gasteiger partial charge in [-0.05, 0) is 42.0 Å². The van der Waals surface area contributed by atoms with Crippen LogP contribution in [0.2, 0.25) is 5.02 Å². The third-order valence-electron chi connectivity index (χ3n) is 8.41. The summed E-state index contributed by atoms with van der Waals surface area (Å²) in [5.41, 5.74) is -0.178. The van der Waals surface area contributed by atoms with Gasteiger partial charge in [-0.1, -0.05) is 78.4 Å². The van der Waals surface area contributed by atoms with E-state index in [1.807, 2.05) is 0 Å². The minimum Gasteiger partial charge on any atom is -0.352 e. The fraction of sp³-hybridized carbons (Fsp3) is 0.121. The minimum absolute atomic E-state index is 0.0777. The van der Waals surface area contributed by atoms with Crippen LogP contribution >= 0.6 is 11.6 Å². The monoisotopic (exact) mass is 551 g/mol. The van der Waals surface area contributed by atoms with Gasteiger partial charge in [-0.2, -0.15) is 0 Å². The van der Waals surface area contributed by atoms with Gasteiger partial charge in [0.15, 0.2) is 17.3 Å². The number of fused-ring (bicyclic) bond motifs is 5. The first-order valence-corrected chi connectivity index (χ1v) is 13.2. The Hall–Kier alpha value is -4.42. The smallest absolute Gasteiger partial charge is 0.187 e. The summed E-state index contributed by atoms with van der Waals surface area (Å²) in [5.74, 6) is -3.74. The molecule has 1 fully saturated rings. The molecule has 1 spiro atoms. The van der Waals surface area contributed by atoms with Crippen LogP contribution in [0.1, 0.15) is 48.1 Å². The third-order valence-corrected chi connectivity index (χ3v) is 8.74. The second-order valence-electron chi connectivity index (χ2n) is 10.3. The van der Waals surface area contributed by atoms with E-state index < -0.39 is 52.4 Å². The number of carbonyl (C=O) groups excluding carboxylic acids is 3. The average molecular weight is 552 g/mol. The highest BCUT2D eigenvalue weighted by Gasteiger charge is 2.72. The largest absolute Gasteiger partial charge is 0.352 e. The van der Waals surface area contributed by atoms with Gasteiger partial charge in [-0.15, -0.1) is 0 Å². The average Bonchev–Trinajstić information content (AvgIpc) is 3.39. The van der Waals surface area contributed by atoms with Gasteiger partial charge in [0.2, 0.25) is 0 Å². The van der Waals surface area contributed by atoms with E-state index in [4.69, 9.17) is 11.6 Å². The van der Waals surface area contributed by atoms with E-state index in [-0.39, 0.29) is 27.3 Å². The maximum absolute atomic E-state index is 15.8. The van der Waals surface area contributed by atoms with Crippen LogP contribution in [0.15, 0.2) is 97.1 Å². The lowest BCUT2D eigenvalue weighted by Gasteiger charge is -2.37. The van der Waals surface area contributed by atoms with Crippen molar-refractivity contribution < 1.29 is 23.2 Å². The fourth-order valence-corrected chi connectivity index (χ4v) is 7.07. The summed E-state index contributed by atoms with van der Waals surface area (Å²) in [6.45, 7) is 0. The lowest BCUT2D eigenvalue weighted by molar-refractivity contribution is 0.0664. The minimum atomic E-state index is -1.85. The van der Waals surface area contributed by atoms with Crippen LogP contribution in [0.5, 0.6) is 0 Å². The number of hydrogen-bond donors (Lipinski definition) is 0. The number of Topliss-reactive ketones (excluding diaryl/α,β-unsaturated/α-hetero) is 3. The molecule has 0 N–H and O–H groups in total. The Kier molecular flexibility index (Phi) is 5.41. The highest BCUT2D eigenvalue weighted by atomic mass is 35.5. The zero-order valence-electron chi connectivity index (χ0n) is 20.9. The summed E-state index contributed by atoms with van der Waals surface area (Å²) in [7, 11) is 0. The molecule has 3 unspecified atom stereocenters. The lowest BCUT2D eigenvalue weighted by Crippen LogP contribution is -2.48. The highest BCUT2D eigenvalue weighted by Crippen LogP contribution is 2.61. The van der Waals surface area contributed by atoms with Crippen molar-refractivity contribution in [3.05, 3.63) is 142 Å². The summed E-state index contributed by atoms with van der Waals surface area (Å²) in [5, 5.41) is 0.191. The molecule has 3 aliphatic rings. The number of anilines is 1. The molecule has 4 aromatic rings. The van der Waals surface area contributed by atoms with E-state index in [0.29, 0.717) is 11.3 Å². The van der Waals surface area contributed by atoms with Crippen LogP contribution in [-0.4, -0.2) is 29.4 Å². The van der Waals surface area contributed by atoms with Crippen molar-refractivity contribution in [2.75, 3.05) is 4.90 Å². The van der Waals surface area contributed by atoms with E-state index in [2.05, 4.69) is 0 Å². The van der Waals surface area contributed by atoms with E-state index in [9.17, 15) is 18.8 Å². The maximum atomic E-state index is 15.8. The van der Waals surface area contributed by atoms with Crippen LogP contribution in [0.4, 0.5) is 14.5 Å². The van der Waals surface area contributed by atoms with Crippen LogP contribution in [0.3, 0.4) is 0 Å². The summed E-state index contributed by atoms with van der Waals surface area (Å²) in [6, 6.07) is 20.9. The van der Waals surface area contributed by atoms with Crippen molar-refractivity contribution in [2.24, 2.45) is 5.41 Å². The normalized spacial score (nSPS) is 21.9. The first-order valence-electron chi connectivity index (χ1n) is 12.8. The number of nitrogens with zero attached hydrogens (tertiary/aromatic N) is 1. The van der Waals surface area contributed by atoms with Gasteiger partial charge in [0, 0.05) is 33.9 Å².